The molecule has 0 N–H and O–H groups in total. The van der Waals surface area contributed by atoms with Gasteiger partial charge >= 0.3 is 0 Å². The van der Waals surface area contributed by atoms with Gasteiger partial charge in [0.05, 0.1) is 0 Å². The zero-order valence-electron chi connectivity index (χ0n) is 10.5. The number of likely N-dealkylation sites (tertiary alicyclic amines) is 1. The van der Waals surface area contributed by atoms with Gasteiger partial charge in [-0.05, 0) is 33.9 Å². The molecule has 0 aliphatic carbocycles. The Hall–Kier alpha value is -1.09. The van der Waals surface area contributed by atoms with Crippen molar-refractivity contribution in [3.63, 3.8) is 0 Å². The van der Waals surface area contributed by atoms with Gasteiger partial charge in [-0.2, -0.15) is 0 Å². The first-order valence-corrected chi connectivity index (χ1v) is 5.90. The topological polar surface area (TPSA) is 23.6 Å². The van der Waals surface area contributed by atoms with Gasteiger partial charge in [0.1, 0.15) is 0 Å². The molecule has 0 aromatic carbocycles. The Morgan fingerprint density at radius 3 is 2.38 bits per heavy atom. The normalized spacial score (nSPS) is 19.1. The third kappa shape index (κ3) is 3.81. The van der Waals surface area contributed by atoms with Crippen LogP contribution in [0, 0.1) is 0 Å². The van der Waals surface area contributed by atoms with Crippen molar-refractivity contribution in [3.8, 4) is 0 Å². The fourth-order valence-electron chi connectivity index (χ4n) is 1.96. The summed E-state index contributed by atoms with van der Waals surface area (Å²) in [5.74, 6) is 0.135. The van der Waals surface area contributed by atoms with Crippen LogP contribution in [0.15, 0.2) is 24.3 Å². The summed E-state index contributed by atoms with van der Waals surface area (Å²) >= 11 is 0. The number of allylic oxidation sites excluding steroid dienone is 3. The third-order valence-corrected chi connectivity index (χ3v) is 3.05. The highest BCUT2D eigenvalue weighted by Gasteiger charge is 2.22. The lowest BCUT2D eigenvalue weighted by Crippen LogP contribution is -2.43. The first-order valence-electron chi connectivity index (χ1n) is 5.90. The SMILES string of the molecule is C/C=C/C=C/C(=O)N1CCC(N(C)C)CC1. The van der Waals surface area contributed by atoms with Crippen molar-refractivity contribution >= 4 is 5.91 Å². The number of hydrogen-bond donors (Lipinski definition) is 0. The average molecular weight is 222 g/mol. The molecule has 90 valence electrons. The molecule has 3 heteroatoms. The van der Waals surface area contributed by atoms with E-state index in [2.05, 4.69) is 19.0 Å². The molecule has 1 aliphatic heterocycles. The Morgan fingerprint density at radius 2 is 1.88 bits per heavy atom. The summed E-state index contributed by atoms with van der Waals surface area (Å²) in [5.41, 5.74) is 0. The minimum Gasteiger partial charge on any atom is -0.339 e. The van der Waals surface area contributed by atoms with E-state index in [1.54, 1.807) is 12.2 Å². The van der Waals surface area contributed by atoms with Crippen molar-refractivity contribution in [2.75, 3.05) is 27.2 Å². The zero-order chi connectivity index (χ0) is 12.0. The first kappa shape index (κ1) is 13.0. The van der Waals surface area contributed by atoms with Crippen LogP contribution in [0.3, 0.4) is 0 Å². The van der Waals surface area contributed by atoms with Crippen LogP contribution in [0.4, 0.5) is 0 Å². The van der Waals surface area contributed by atoms with Gasteiger partial charge < -0.3 is 9.80 Å². The third-order valence-electron chi connectivity index (χ3n) is 3.05. The predicted molar refractivity (Wildman–Crippen MR) is 67.2 cm³/mol. The van der Waals surface area contributed by atoms with Crippen LogP contribution in [-0.2, 0) is 4.79 Å². The average Bonchev–Trinajstić information content (AvgIpc) is 2.29. The zero-order valence-corrected chi connectivity index (χ0v) is 10.5. The van der Waals surface area contributed by atoms with Gasteiger partial charge in [0.25, 0.3) is 0 Å². The molecule has 0 saturated carbocycles. The van der Waals surface area contributed by atoms with Gasteiger partial charge in [-0.25, -0.2) is 0 Å². The van der Waals surface area contributed by atoms with Gasteiger partial charge in [-0.1, -0.05) is 18.2 Å². The molecule has 1 aliphatic rings. The Labute approximate surface area is 98.4 Å². The maximum atomic E-state index is 11.7. The highest BCUT2D eigenvalue weighted by molar-refractivity contribution is 5.87. The molecule has 1 amide bonds. The molecule has 0 atom stereocenters. The smallest absolute Gasteiger partial charge is 0.246 e. The van der Waals surface area contributed by atoms with E-state index in [4.69, 9.17) is 0 Å². The molecule has 3 nitrogen and oxygen atoms in total. The van der Waals surface area contributed by atoms with Crippen LogP contribution in [0.2, 0.25) is 0 Å². The predicted octanol–water partition coefficient (Wildman–Crippen LogP) is 1.67. The molecule has 0 radical (unpaired) electrons. The Kier molecular flexibility index (Phi) is 5.26. The number of piperidine rings is 1. The van der Waals surface area contributed by atoms with Crippen molar-refractivity contribution in [2.24, 2.45) is 0 Å². The van der Waals surface area contributed by atoms with Gasteiger partial charge in [-0.15, -0.1) is 0 Å². The highest BCUT2D eigenvalue weighted by Crippen LogP contribution is 2.14. The summed E-state index contributed by atoms with van der Waals surface area (Å²) in [6.07, 6.45) is 9.41. The summed E-state index contributed by atoms with van der Waals surface area (Å²) < 4.78 is 0. The summed E-state index contributed by atoms with van der Waals surface area (Å²) in [5, 5.41) is 0. The molecule has 1 heterocycles. The maximum absolute atomic E-state index is 11.7. The van der Waals surface area contributed by atoms with Gasteiger partial charge in [-0.3, -0.25) is 4.79 Å². The second-order valence-corrected chi connectivity index (χ2v) is 4.40. The second-order valence-electron chi connectivity index (χ2n) is 4.40. The van der Waals surface area contributed by atoms with Gasteiger partial charge in [0.15, 0.2) is 0 Å². The van der Waals surface area contributed by atoms with Crippen molar-refractivity contribution in [1.29, 1.82) is 0 Å². The van der Waals surface area contributed by atoms with Crippen LogP contribution in [0.5, 0.6) is 0 Å². The van der Waals surface area contributed by atoms with Crippen molar-refractivity contribution in [1.82, 2.24) is 9.80 Å². The lowest BCUT2D eigenvalue weighted by atomic mass is 10.0. The molecular formula is C13H22N2O. The standard InChI is InChI=1S/C13H22N2O/c1-4-5-6-7-13(16)15-10-8-12(9-11-15)14(2)3/h4-7,12H,8-11H2,1-3H3/b5-4+,7-6+. The molecule has 16 heavy (non-hydrogen) atoms. The van der Waals surface area contributed by atoms with E-state index < -0.39 is 0 Å². The van der Waals surface area contributed by atoms with Crippen LogP contribution < -0.4 is 0 Å². The van der Waals surface area contributed by atoms with Crippen LogP contribution in [0.25, 0.3) is 0 Å². The summed E-state index contributed by atoms with van der Waals surface area (Å²) in [6.45, 7) is 3.70. The quantitative estimate of drug-likeness (QED) is 0.536. The van der Waals surface area contributed by atoms with E-state index in [0.717, 1.165) is 25.9 Å². The van der Waals surface area contributed by atoms with Crippen molar-refractivity contribution < 1.29 is 4.79 Å². The molecule has 1 saturated heterocycles. The summed E-state index contributed by atoms with van der Waals surface area (Å²) in [7, 11) is 4.21. The number of amides is 1. The van der Waals surface area contributed by atoms with Crippen molar-refractivity contribution in [3.05, 3.63) is 24.3 Å². The Balaban J connectivity index is 2.38. The highest BCUT2D eigenvalue weighted by atomic mass is 16.2. The molecular weight excluding hydrogens is 200 g/mol. The van der Waals surface area contributed by atoms with Gasteiger partial charge in [0.2, 0.25) is 5.91 Å². The van der Waals surface area contributed by atoms with Crippen LogP contribution in [-0.4, -0.2) is 48.9 Å². The van der Waals surface area contributed by atoms with Crippen LogP contribution in [0.1, 0.15) is 19.8 Å². The number of hydrogen-bond acceptors (Lipinski definition) is 2. The minimum absolute atomic E-state index is 0.135. The second kappa shape index (κ2) is 6.48. The lowest BCUT2D eigenvalue weighted by molar-refractivity contribution is -0.127. The van der Waals surface area contributed by atoms with E-state index >= 15 is 0 Å². The molecule has 0 spiro atoms. The fraction of sp³-hybridized carbons (Fsp3) is 0.615. The Bertz CT molecular complexity index is 274. The van der Waals surface area contributed by atoms with Crippen molar-refractivity contribution in [2.45, 2.75) is 25.8 Å². The van der Waals surface area contributed by atoms with E-state index in [1.807, 2.05) is 24.0 Å². The number of carbonyl (C=O) groups is 1. The minimum atomic E-state index is 0.135. The van der Waals surface area contributed by atoms with E-state index in [0.29, 0.717) is 6.04 Å². The van der Waals surface area contributed by atoms with Gasteiger partial charge in [0, 0.05) is 25.2 Å². The van der Waals surface area contributed by atoms with Crippen LogP contribution >= 0.6 is 0 Å². The van der Waals surface area contributed by atoms with E-state index in [9.17, 15) is 4.79 Å². The number of nitrogens with zero attached hydrogens (tertiary/aromatic N) is 2. The monoisotopic (exact) mass is 222 g/mol. The molecule has 0 aromatic rings. The number of rotatable bonds is 3. The first-order chi connectivity index (χ1) is 7.65. The van der Waals surface area contributed by atoms with E-state index in [-0.39, 0.29) is 5.91 Å². The lowest BCUT2D eigenvalue weighted by Gasteiger charge is -2.34. The fourth-order valence-corrected chi connectivity index (χ4v) is 1.96. The molecule has 1 rings (SSSR count). The molecule has 0 bridgehead atoms. The maximum Gasteiger partial charge on any atom is 0.246 e. The summed E-state index contributed by atoms with van der Waals surface area (Å²) in [4.78, 5) is 15.9. The Morgan fingerprint density at radius 1 is 1.25 bits per heavy atom. The largest absolute Gasteiger partial charge is 0.339 e. The number of carbonyl (C=O) groups excluding carboxylic acids is 1. The molecule has 0 unspecified atom stereocenters. The molecule has 0 aromatic heterocycles. The van der Waals surface area contributed by atoms with E-state index in [1.165, 1.54) is 0 Å². The summed E-state index contributed by atoms with van der Waals surface area (Å²) in [6, 6.07) is 0.628. The molecule has 1 fully saturated rings.